The molecule has 0 aromatic carbocycles. The zero-order valence-electron chi connectivity index (χ0n) is 7.68. The molecule has 2 aromatic rings. The van der Waals surface area contributed by atoms with Crippen molar-refractivity contribution < 1.29 is 9.53 Å². The summed E-state index contributed by atoms with van der Waals surface area (Å²) in [6.07, 6.45) is -0.0988. The Kier molecular flexibility index (Phi) is 2.47. The lowest BCUT2D eigenvalue weighted by Gasteiger charge is -2.05. The normalized spacial score (nSPS) is 11.1. The van der Waals surface area contributed by atoms with Crippen LogP contribution in [-0.2, 0) is 4.74 Å². The predicted octanol–water partition coefficient (Wildman–Crippen LogP) is 2.32. The highest BCUT2D eigenvalue weighted by atomic mass is 32.1. The van der Waals surface area contributed by atoms with E-state index in [9.17, 15) is 4.79 Å². The summed E-state index contributed by atoms with van der Waals surface area (Å²) >= 11 is 2.64. The van der Waals surface area contributed by atoms with Gasteiger partial charge in [0.1, 0.15) is 4.70 Å². The van der Waals surface area contributed by atoms with Crippen LogP contribution in [-0.4, -0.2) is 21.7 Å². The molecule has 0 unspecified atom stereocenters. The number of hydrogen-bond donors (Lipinski definition) is 0. The summed E-state index contributed by atoms with van der Waals surface area (Å²) in [5, 5.41) is 5.64. The molecule has 2 aromatic heterocycles. The van der Waals surface area contributed by atoms with Crippen LogP contribution in [0.15, 0.2) is 5.38 Å². The van der Waals surface area contributed by atoms with Crippen molar-refractivity contribution in [1.82, 2.24) is 9.59 Å². The van der Waals surface area contributed by atoms with E-state index in [0.29, 0.717) is 5.56 Å². The third kappa shape index (κ3) is 1.62. The molecule has 0 N–H and O–H groups in total. The van der Waals surface area contributed by atoms with Crippen LogP contribution in [0.2, 0.25) is 0 Å². The Bertz CT molecular complexity index is 461. The Morgan fingerprint density at radius 1 is 1.57 bits per heavy atom. The van der Waals surface area contributed by atoms with Gasteiger partial charge in [-0.05, 0) is 25.4 Å². The maximum atomic E-state index is 11.6. The van der Waals surface area contributed by atoms with Crippen LogP contribution in [0.25, 0.3) is 9.53 Å². The molecule has 4 nitrogen and oxygen atoms in total. The van der Waals surface area contributed by atoms with Crippen molar-refractivity contribution >= 4 is 38.4 Å². The number of rotatable bonds is 2. The number of carbonyl (C=O) groups is 1. The van der Waals surface area contributed by atoms with Crippen LogP contribution in [0.4, 0.5) is 0 Å². The molecule has 0 aliphatic rings. The molecule has 2 rings (SSSR count). The third-order valence-corrected chi connectivity index (χ3v) is 3.30. The highest BCUT2D eigenvalue weighted by molar-refractivity contribution is 7.24. The first-order chi connectivity index (χ1) is 6.68. The molecule has 0 atom stereocenters. The smallest absolute Gasteiger partial charge is 0.340 e. The summed E-state index contributed by atoms with van der Waals surface area (Å²) in [6.45, 7) is 3.65. The second-order valence-electron chi connectivity index (χ2n) is 3.01. The number of nitrogens with zero attached hydrogens (tertiary/aromatic N) is 2. The van der Waals surface area contributed by atoms with E-state index < -0.39 is 0 Å². The Labute approximate surface area is 88.7 Å². The molecule has 0 radical (unpaired) electrons. The van der Waals surface area contributed by atoms with Crippen molar-refractivity contribution in [2.24, 2.45) is 0 Å². The first-order valence-corrected chi connectivity index (χ1v) is 5.74. The van der Waals surface area contributed by atoms with Crippen LogP contribution in [0.3, 0.4) is 0 Å². The Balaban J connectivity index is 2.34. The Morgan fingerprint density at radius 2 is 2.36 bits per heavy atom. The van der Waals surface area contributed by atoms with E-state index in [4.69, 9.17) is 4.74 Å². The summed E-state index contributed by atoms with van der Waals surface area (Å²) in [4.78, 5) is 12.4. The van der Waals surface area contributed by atoms with Gasteiger partial charge in [0, 0.05) is 5.38 Å². The van der Waals surface area contributed by atoms with Crippen LogP contribution in [0.5, 0.6) is 0 Å². The van der Waals surface area contributed by atoms with Gasteiger partial charge in [0.2, 0.25) is 0 Å². The fourth-order valence-corrected chi connectivity index (χ4v) is 2.71. The lowest BCUT2D eigenvalue weighted by Crippen LogP contribution is -2.10. The average molecular weight is 228 g/mol. The molecule has 0 saturated heterocycles. The molecule has 14 heavy (non-hydrogen) atoms. The van der Waals surface area contributed by atoms with E-state index in [2.05, 4.69) is 9.59 Å². The molecule has 0 fully saturated rings. The molecule has 0 aliphatic carbocycles. The highest BCUT2D eigenvalue weighted by Gasteiger charge is 2.17. The molecular weight excluding hydrogens is 220 g/mol. The van der Waals surface area contributed by atoms with Crippen molar-refractivity contribution in [2.45, 2.75) is 20.0 Å². The van der Waals surface area contributed by atoms with E-state index in [1.54, 1.807) is 5.38 Å². The standard InChI is InChI=1S/C8H8N2O2S2/c1-4(2)12-8(11)5-3-13-7-6(5)14-10-9-7/h3-4H,1-2H3. The largest absolute Gasteiger partial charge is 0.459 e. The molecule has 0 saturated carbocycles. The fourth-order valence-electron chi connectivity index (χ4n) is 1.01. The second-order valence-corrected chi connectivity index (χ2v) is 4.62. The van der Waals surface area contributed by atoms with Gasteiger partial charge in [-0.1, -0.05) is 4.49 Å². The van der Waals surface area contributed by atoms with Gasteiger partial charge in [0.25, 0.3) is 0 Å². The second kappa shape index (κ2) is 3.62. The molecule has 74 valence electrons. The van der Waals surface area contributed by atoms with Gasteiger partial charge in [-0.3, -0.25) is 0 Å². The number of esters is 1. The van der Waals surface area contributed by atoms with Gasteiger partial charge in [-0.25, -0.2) is 4.79 Å². The van der Waals surface area contributed by atoms with E-state index >= 15 is 0 Å². The Morgan fingerprint density at radius 3 is 3.07 bits per heavy atom. The first kappa shape index (κ1) is 9.54. The SMILES string of the molecule is CC(C)OC(=O)c1csc2nnsc12. The van der Waals surface area contributed by atoms with Crippen LogP contribution < -0.4 is 0 Å². The molecule has 0 bridgehead atoms. The van der Waals surface area contributed by atoms with Crippen LogP contribution in [0.1, 0.15) is 24.2 Å². The molecule has 0 amide bonds. The zero-order chi connectivity index (χ0) is 10.1. The number of thiophene rings is 1. The Hall–Kier alpha value is -1.01. The van der Waals surface area contributed by atoms with Crippen molar-refractivity contribution in [1.29, 1.82) is 0 Å². The zero-order valence-corrected chi connectivity index (χ0v) is 9.32. The third-order valence-electron chi connectivity index (χ3n) is 1.55. The highest BCUT2D eigenvalue weighted by Crippen LogP contribution is 2.27. The summed E-state index contributed by atoms with van der Waals surface area (Å²) in [5.41, 5.74) is 0.578. The van der Waals surface area contributed by atoms with Gasteiger partial charge in [-0.15, -0.1) is 16.4 Å². The number of hydrogen-bond acceptors (Lipinski definition) is 6. The van der Waals surface area contributed by atoms with Crippen molar-refractivity contribution in [3.05, 3.63) is 10.9 Å². The van der Waals surface area contributed by atoms with E-state index in [0.717, 1.165) is 9.53 Å². The van der Waals surface area contributed by atoms with Crippen molar-refractivity contribution in [3.63, 3.8) is 0 Å². The minimum absolute atomic E-state index is 0.0988. The quantitative estimate of drug-likeness (QED) is 0.740. The number of ether oxygens (including phenoxy) is 1. The number of aromatic nitrogens is 2. The average Bonchev–Trinajstić information content (AvgIpc) is 2.59. The molecule has 0 spiro atoms. The van der Waals surface area contributed by atoms with Crippen molar-refractivity contribution in [3.8, 4) is 0 Å². The topological polar surface area (TPSA) is 52.1 Å². The number of fused-ring (bicyclic) bond motifs is 1. The summed E-state index contributed by atoms with van der Waals surface area (Å²) < 4.78 is 9.69. The van der Waals surface area contributed by atoms with Gasteiger partial charge >= 0.3 is 5.97 Å². The molecule has 6 heteroatoms. The van der Waals surface area contributed by atoms with E-state index in [1.807, 2.05) is 13.8 Å². The summed E-state index contributed by atoms with van der Waals surface area (Å²) in [5.74, 6) is -0.294. The molecule has 2 heterocycles. The van der Waals surface area contributed by atoms with Crippen LogP contribution in [0, 0.1) is 0 Å². The van der Waals surface area contributed by atoms with E-state index in [-0.39, 0.29) is 12.1 Å². The fraction of sp³-hybridized carbons (Fsp3) is 0.375. The van der Waals surface area contributed by atoms with Crippen LogP contribution >= 0.6 is 22.9 Å². The summed E-state index contributed by atoms with van der Waals surface area (Å²) in [7, 11) is 0. The predicted molar refractivity (Wildman–Crippen MR) is 55.8 cm³/mol. The van der Waals surface area contributed by atoms with Gasteiger partial charge in [-0.2, -0.15) is 0 Å². The maximum absolute atomic E-state index is 11.6. The van der Waals surface area contributed by atoms with Gasteiger partial charge in [0.15, 0.2) is 4.83 Å². The summed E-state index contributed by atoms with van der Waals surface area (Å²) in [6, 6.07) is 0. The molecule has 0 aliphatic heterocycles. The minimum atomic E-state index is -0.294. The molecular formula is C8H8N2O2S2. The van der Waals surface area contributed by atoms with Crippen molar-refractivity contribution in [2.75, 3.05) is 0 Å². The minimum Gasteiger partial charge on any atom is -0.459 e. The van der Waals surface area contributed by atoms with Gasteiger partial charge < -0.3 is 4.74 Å². The van der Waals surface area contributed by atoms with E-state index in [1.165, 1.54) is 22.9 Å². The lowest BCUT2D eigenvalue weighted by molar-refractivity contribution is 0.0381. The van der Waals surface area contributed by atoms with Gasteiger partial charge in [0.05, 0.1) is 11.7 Å². The maximum Gasteiger partial charge on any atom is 0.340 e. The first-order valence-electron chi connectivity index (χ1n) is 4.09. The monoisotopic (exact) mass is 228 g/mol. The lowest BCUT2D eigenvalue weighted by atomic mass is 10.3. The number of carbonyl (C=O) groups excluding carboxylic acids is 1.